The number of nitrogens with one attached hydrogen (secondary N) is 1. The van der Waals surface area contributed by atoms with E-state index >= 15 is 0 Å². The van der Waals surface area contributed by atoms with Gasteiger partial charge in [0.05, 0.1) is 16.9 Å². The van der Waals surface area contributed by atoms with Crippen molar-refractivity contribution in [3.05, 3.63) is 105 Å². The molecule has 1 aliphatic rings. The summed E-state index contributed by atoms with van der Waals surface area (Å²) in [6.45, 7) is 3.02. The zero-order valence-corrected chi connectivity index (χ0v) is 26.3. The lowest BCUT2D eigenvalue weighted by molar-refractivity contribution is -0.384. The van der Waals surface area contributed by atoms with Crippen LogP contribution in [0.1, 0.15) is 54.4 Å². The number of rotatable bonds is 12. The van der Waals surface area contributed by atoms with Gasteiger partial charge in [-0.25, -0.2) is 8.42 Å². The van der Waals surface area contributed by atoms with Gasteiger partial charge >= 0.3 is 0 Å². The summed E-state index contributed by atoms with van der Waals surface area (Å²) in [6.07, 6.45) is 6.08. The minimum absolute atomic E-state index is 0.00545. The maximum absolute atomic E-state index is 14.3. The van der Waals surface area contributed by atoms with Gasteiger partial charge in [0.1, 0.15) is 12.6 Å². The first-order chi connectivity index (χ1) is 20.9. The Morgan fingerprint density at radius 1 is 0.955 bits per heavy atom. The van der Waals surface area contributed by atoms with Crippen LogP contribution in [-0.4, -0.2) is 54.9 Å². The van der Waals surface area contributed by atoms with Gasteiger partial charge in [0, 0.05) is 31.1 Å². The molecule has 1 aliphatic carbocycles. The summed E-state index contributed by atoms with van der Waals surface area (Å²) in [7, 11) is -4.05. The average Bonchev–Trinajstić information content (AvgIpc) is 2.99. The molecule has 1 atom stereocenters. The van der Waals surface area contributed by atoms with Crippen molar-refractivity contribution in [1.82, 2.24) is 10.2 Å². The summed E-state index contributed by atoms with van der Waals surface area (Å²) in [5.41, 5.74) is 2.87. The van der Waals surface area contributed by atoms with Crippen LogP contribution in [0.2, 0.25) is 0 Å². The number of sulfonamides is 1. The molecule has 0 heterocycles. The van der Waals surface area contributed by atoms with Crippen LogP contribution >= 0.6 is 0 Å². The van der Waals surface area contributed by atoms with E-state index in [1.807, 2.05) is 61.5 Å². The third-order valence-corrected chi connectivity index (χ3v) is 9.17. The van der Waals surface area contributed by atoms with E-state index in [4.69, 9.17) is 0 Å². The van der Waals surface area contributed by atoms with Crippen LogP contribution in [0, 0.1) is 24.0 Å². The maximum Gasteiger partial charge on any atom is 0.271 e. The Kier molecular flexibility index (Phi) is 10.7. The summed E-state index contributed by atoms with van der Waals surface area (Å²) in [5, 5.41) is 14.7. The van der Waals surface area contributed by atoms with Crippen molar-refractivity contribution in [2.75, 3.05) is 17.1 Å². The predicted molar refractivity (Wildman–Crippen MR) is 171 cm³/mol. The molecule has 0 unspecified atom stereocenters. The standard InChI is InChI=1S/C33H40N4O6S/c1-24-14-17-27(18-15-24)22-35(31(20-26-10-6-4-7-11-26)33(39)34-28-12-8-5-9-13-28)32(38)23-36(44(3,42)43)30-21-29(37(40)41)19-16-25(30)2/h4,6-7,10-11,14-19,21,28,31H,5,8-9,12-13,20,22-23H2,1-3H3,(H,34,39)/t31-/m1/s1. The molecule has 3 aromatic rings. The van der Waals surface area contributed by atoms with Crippen LogP contribution in [0.5, 0.6) is 0 Å². The number of nitro benzene ring substituents is 1. The zero-order chi connectivity index (χ0) is 31.9. The van der Waals surface area contributed by atoms with Crippen molar-refractivity contribution in [2.45, 2.75) is 71.0 Å². The van der Waals surface area contributed by atoms with E-state index in [0.29, 0.717) is 5.56 Å². The van der Waals surface area contributed by atoms with Gasteiger partial charge in [-0.3, -0.25) is 24.0 Å². The van der Waals surface area contributed by atoms with Crippen LogP contribution in [0.15, 0.2) is 72.8 Å². The molecule has 44 heavy (non-hydrogen) atoms. The molecule has 0 saturated heterocycles. The third kappa shape index (κ3) is 8.66. The van der Waals surface area contributed by atoms with Gasteiger partial charge in [0.15, 0.2) is 0 Å². The topological polar surface area (TPSA) is 130 Å². The molecule has 2 amide bonds. The van der Waals surface area contributed by atoms with Crippen LogP contribution in [-0.2, 0) is 32.6 Å². The van der Waals surface area contributed by atoms with E-state index in [9.17, 15) is 28.1 Å². The monoisotopic (exact) mass is 620 g/mol. The molecule has 1 N–H and O–H groups in total. The molecule has 0 bridgehead atoms. The summed E-state index contributed by atoms with van der Waals surface area (Å²) >= 11 is 0. The smallest absolute Gasteiger partial charge is 0.271 e. The average molecular weight is 621 g/mol. The van der Waals surface area contributed by atoms with Crippen molar-refractivity contribution in [1.29, 1.82) is 0 Å². The molecule has 3 aromatic carbocycles. The summed E-state index contributed by atoms with van der Waals surface area (Å²) in [4.78, 5) is 40.7. The lowest BCUT2D eigenvalue weighted by Crippen LogP contribution is -2.55. The third-order valence-electron chi connectivity index (χ3n) is 8.05. The van der Waals surface area contributed by atoms with Crippen molar-refractivity contribution in [2.24, 2.45) is 0 Å². The quantitative estimate of drug-likeness (QED) is 0.222. The highest BCUT2D eigenvalue weighted by Gasteiger charge is 2.34. The van der Waals surface area contributed by atoms with E-state index in [2.05, 4.69) is 5.32 Å². The maximum atomic E-state index is 14.3. The molecule has 10 nitrogen and oxygen atoms in total. The number of benzene rings is 3. The Morgan fingerprint density at radius 2 is 1.61 bits per heavy atom. The highest BCUT2D eigenvalue weighted by molar-refractivity contribution is 7.92. The number of non-ortho nitro benzene ring substituents is 1. The Hall–Kier alpha value is -4.25. The normalized spacial score (nSPS) is 14.4. The van der Waals surface area contributed by atoms with Crippen LogP contribution in [0.25, 0.3) is 0 Å². The van der Waals surface area contributed by atoms with Crippen LogP contribution in [0.4, 0.5) is 11.4 Å². The molecule has 1 fully saturated rings. The van der Waals surface area contributed by atoms with Crippen molar-refractivity contribution in [3.63, 3.8) is 0 Å². The molecule has 4 rings (SSSR count). The van der Waals surface area contributed by atoms with E-state index in [1.54, 1.807) is 6.92 Å². The largest absolute Gasteiger partial charge is 0.352 e. The summed E-state index contributed by atoms with van der Waals surface area (Å²) in [6, 6.07) is 20.0. The molecule has 234 valence electrons. The number of nitrogens with zero attached hydrogens (tertiary/aromatic N) is 3. The fraction of sp³-hybridized carbons (Fsp3) is 0.394. The Morgan fingerprint density at radius 3 is 2.23 bits per heavy atom. The molecule has 0 radical (unpaired) electrons. The molecular weight excluding hydrogens is 580 g/mol. The minimum Gasteiger partial charge on any atom is -0.352 e. The lowest BCUT2D eigenvalue weighted by atomic mass is 9.94. The summed E-state index contributed by atoms with van der Waals surface area (Å²) in [5.74, 6) is -0.889. The number of nitro groups is 1. The second-order valence-corrected chi connectivity index (χ2v) is 13.5. The fourth-order valence-corrected chi connectivity index (χ4v) is 6.46. The predicted octanol–water partition coefficient (Wildman–Crippen LogP) is 5.07. The van der Waals surface area contributed by atoms with Crippen LogP contribution in [0.3, 0.4) is 0 Å². The number of carbonyl (C=O) groups excluding carboxylic acids is 2. The SMILES string of the molecule is Cc1ccc(CN(C(=O)CN(c2cc([N+](=O)[O-])ccc2C)S(C)(=O)=O)[C@H](Cc2ccccc2)C(=O)NC2CCCCC2)cc1. The van der Waals surface area contributed by atoms with Gasteiger partial charge < -0.3 is 10.2 Å². The molecule has 1 saturated carbocycles. The van der Waals surface area contributed by atoms with Crippen molar-refractivity contribution in [3.8, 4) is 0 Å². The van der Waals surface area contributed by atoms with E-state index < -0.39 is 33.4 Å². The second-order valence-electron chi connectivity index (χ2n) is 11.6. The van der Waals surface area contributed by atoms with E-state index in [1.165, 1.54) is 17.0 Å². The van der Waals surface area contributed by atoms with Gasteiger partial charge in [-0.2, -0.15) is 0 Å². The zero-order valence-electron chi connectivity index (χ0n) is 25.4. The van der Waals surface area contributed by atoms with E-state index in [-0.39, 0.29) is 36.3 Å². The van der Waals surface area contributed by atoms with Gasteiger partial charge in [0.2, 0.25) is 21.8 Å². The van der Waals surface area contributed by atoms with Crippen LogP contribution < -0.4 is 9.62 Å². The lowest BCUT2D eigenvalue weighted by Gasteiger charge is -2.35. The number of aryl methyl sites for hydroxylation is 2. The highest BCUT2D eigenvalue weighted by Crippen LogP contribution is 2.28. The first-order valence-electron chi connectivity index (χ1n) is 14.8. The van der Waals surface area contributed by atoms with E-state index in [0.717, 1.165) is 65.4 Å². The minimum atomic E-state index is -4.05. The Balaban J connectivity index is 1.75. The fourth-order valence-electron chi connectivity index (χ4n) is 5.56. The van der Waals surface area contributed by atoms with Gasteiger partial charge in [-0.05, 0) is 43.4 Å². The van der Waals surface area contributed by atoms with Gasteiger partial charge in [-0.15, -0.1) is 0 Å². The Labute approximate surface area is 259 Å². The van der Waals surface area contributed by atoms with Crippen molar-refractivity contribution >= 4 is 33.2 Å². The number of anilines is 1. The first-order valence-corrected chi connectivity index (χ1v) is 16.7. The first kappa shape index (κ1) is 32.7. The molecule has 11 heteroatoms. The second kappa shape index (κ2) is 14.5. The number of carbonyl (C=O) groups is 2. The number of hydrogen-bond acceptors (Lipinski definition) is 6. The van der Waals surface area contributed by atoms with Gasteiger partial charge in [-0.1, -0.05) is 85.5 Å². The highest BCUT2D eigenvalue weighted by atomic mass is 32.2. The summed E-state index contributed by atoms with van der Waals surface area (Å²) < 4.78 is 27.1. The van der Waals surface area contributed by atoms with Crippen molar-refractivity contribution < 1.29 is 22.9 Å². The Bertz CT molecular complexity index is 1570. The molecule has 0 aromatic heterocycles. The molecular formula is C33H40N4O6S. The number of amides is 2. The molecule has 0 spiro atoms. The van der Waals surface area contributed by atoms with Gasteiger partial charge in [0.25, 0.3) is 5.69 Å². The molecule has 0 aliphatic heterocycles. The number of hydrogen-bond donors (Lipinski definition) is 1.